The summed E-state index contributed by atoms with van der Waals surface area (Å²) in [6, 6.07) is 0. The highest BCUT2D eigenvalue weighted by atomic mass is 16.2. The monoisotopic (exact) mass is 480 g/mol. The molecule has 1 rings (SSSR count). The average molecular weight is 481 g/mol. The minimum Gasteiger partial charge on any atom is -0.356 e. The molecule has 1 atom stereocenters. The van der Waals surface area contributed by atoms with Crippen molar-refractivity contribution in [1.82, 2.24) is 10.2 Å². The van der Waals surface area contributed by atoms with Crippen molar-refractivity contribution < 1.29 is 14.1 Å². The van der Waals surface area contributed by atoms with Gasteiger partial charge in [-0.2, -0.15) is 0 Å². The van der Waals surface area contributed by atoms with Crippen LogP contribution in [0.3, 0.4) is 0 Å². The molecule has 0 aromatic heterocycles. The molecule has 34 heavy (non-hydrogen) atoms. The molecule has 0 saturated carbocycles. The van der Waals surface area contributed by atoms with Gasteiger partial charge in [0.25, 0.3) is 0 Å². The van der Waals surface area contributed by atoms with Crippen molar-refractivity contribution in [2.24, 2.45) is 5.92 Å². The Bertz CT molecular complexity index is 535. The molecule has 1 aliphatic heterocycles. The van der Waals surface area contributed by atoms with E-state index < -0.39 is 0 Å². The Morgan fingerprint density at radius 1 is 0.853 bits per heavy atom. The van der Waals surface area contributed by atoms with Crippen molar-refractivity contribution in [3.05, 3.63) is 0 Å². The maximum atomic E-state index is 12.0. The van der Waals surface area contributed by atoms with Crippen LogP contribution in [0.25, 0.3) is 0 Å². The van der Waals surface area contributed by atoms with E-state index in [9.17, 15) is 9.59 Å². The second-order valence-corrected chi connectivity index (χ2v) is 11.6. The predicted octanol–water partition coefficient (Wildman–Crippen LogP) is 6.66. The molecule has 0 aliphatic carbocycles. The van der Waals surface area contributed by atoms with Gasteiger partial charge in [0, 0.05) is 25.9 Å². The number of carbonyl (C=O) groups is 2. The zero-order chi connectivity index (χ0) is 25.1. The molecule has 1 aliphatic rings. The lowest BCUT2D eigenvalue weighted by Gasteiger charge is -2.33. The number of likely N-dealkylation sites (tertiary alicyclic amines) is 1. The van der Waals surface area contributed by atoms with Gasteiger partial charge in [-0.25, -0.2) is 0 Å². The van der Waals surface area contributed by atoms with Crippen LogP contribution in [0.15, 0.2) is 0 Å². The lowest BCUT2D eigenvalue weighted by Crippen LogP contribution is -2.49. The minimum absolute atomic E-state index is 0.231. The van der Waals surface area contributed by atoms with E-state index in [0.29, 0.717) is 24.7 Å². The summed E-state index contributed by atoms with van der Waals surface area (Å²) in [4.78, 5) is 26.1. The summed E-state index contributed by atoms with van der Waals surface area (Å²) in [7, 11) is 4.46. The highest BCUT2D eigenvalue weighted by Gasteiger charge is 2.31. The lowest BCUT2D eigenvalue weighted by molar-refractivity contribution is -0.899. The fourth-order valence-corrected chi connectivity index (χ4v) is 5.10. The highest BCUT2D eigenvalue weighted by Crippen LogP contribution is 2.19. The van der Waals surface area contributed by atoms with Crippen LogP contribution < -0.4 is 5.32 Å². The molecule has 1 unspecified atom stereocenters. The first-order valence-electron chi connectivity index (χ1n) is 14.7. The molecule has 0 radical (unpaired) electrons. The van der Waals surface area contributed by atoms with E-state index in [1.807, 2.05) is 4.90 Å². The Kier molecular flexibility index (Phi) is 17.4. The minimum atomic E-state index is 0.231. The third-order valence-electron chi connectivity index (χ3n) is 7.23. The maximum Gasteiger partial charge on any atom is 0.227 e. The van der Waals surface area contributed by atoms with E-state index >= 15 is 0 Å². The molecule has 2 amide bonds. The summed E-state index contributed by atoms with van der Waals surface area (Å²) in [5, 5.41) is 3.10. The smallest absolute Gasteiger partial charge is 0.227 e. The van der Waals surface area contributed by atoms with Crippen molar-refractivity contribution >= 4 is 11.8 Å². The molecule has 1 heterocycles. The highest BCUT2D eigenvalue weighted by molar-refractivity contribution is 5.78. The maximum absolute atomic E-state index is 12.0. The summed E-state index contributed by atoms with van der Waals surface area (Å²) in [6.07, 6.45) is 22.0. The van der Waals surface area contributed by atoms with Crippen molar-refractivity contribution in [2.45, 2.75) is 129 Å². The molecule has 5 heteroatoms. The van der Waals surface area contributed by atoms with Gasteiger partial charge in [-0.1, -0.05) is 90.9 Å². The molecule has 0 aromatic rings. The molecular weight excluding hydrogens is 422 g/mol. The Morgan fingerprint density at radius 3 is 1.94 bits per heavy atom. The Balaban J connectivity index is 1.86. The number of hydrogen-bond acceptors (Lipinski definition) is 2. The normalized spacial score (nSPS) is 16.4. The van der Waals surface area contributed by atoms with Gasteiger partial charge in [-0.3, -0.25) is 14.5 Å². The van der Waals surface area contributed by atoms with Crippen LogP contribution >= 0.6 is 0 Å². The number of quaternary nitrogens is 1. The van der Waals surface area contributed by atoms with E-state index in [0.717, 1.165) is 43.6 Å². The topological polar surface area (TPSA) is 49.4 Å². The predicted molar refractivity (Wildman–Crippen MR) is 145 cm³/mol. The van der Waals surface area contributed by atoms with Gasteiger partial charge in [0.15, 0.2) is 6.67 Å². The Hall–Kier alpha value is -1.10. The third-order valence-corrected chi connectivity index (χ3v) is 7.23. The number of unbranched alkanes of at least 4 members (excludes halogenated alkanes) is 14. The summed E-state index contributed by atoms with van der Waals surface area (Å²) >= 11 is 0. The van der Waals surface area contributed by atoms with Crippen molar-refractivity contribution in [3.63, 3.8) is 0 Å². The standard InChI is InChI=1S/C29H57N3O2/c1-5-6-7-8-9-10-11-12-13-14-15-18-21-28(33)30-22-19-16-17-20-23-32(3,4)26-31-25-27(2)24-29(31)34/h27H,5-26H2,1-4H3/p+1. The number of rotatable bonds is 22. The van der Waals surface area contributed by atoms with Gasteiger partial charge in [0.1, 0.15) is 0 Å². The van der Waals surface area contributed by atoms with Gasteiger partial charge in [0.05, 0.1) is 20.6 Å². The zero-order valence-electron chi connectivity index (χ0n) is 23.3. The molecule has 0 aromatic carbocycles. The van der Waals surface area contributed by atoms with E-state index in [-0.39, 0.29) is 5.91 Å². The summed E-state index contributed by atoms with van der Waals surface area (Å²) in [6.45, 7) is 8.10. The lowest BCUT2D eigenvalue weighted by atomic mass is 10.0. The fraction of sp³-hybridized carbons (Fsp3) is 0.931. The van der Waals surface area contributed by atoms with E-state index in [2.05, 4.69) is 33.3 Å². The van der Waals surface area contributed by atoms with Crippen LogP contribution in [0.1, 0.15) is 129 Å². The van der Waals surface area contributed by atoms with Crippen molar-refractivity contribution in [3.8, 4) is 0 Å². The van der Waals surface area contributed by atoms with E-state index in [1.54, 1.807) is 0 Å². The van der Waals surface area contributed by atoms with Crippen LogP contribution in [-0.4, -0.2) is 61.6 Å². The van der Waals surface area contributed by atoms with Crippen molar-refractivity contribution in [1.29, 1.82) is 0 Å². The average Bonchev–Trinajstić information content (AvgIpc) is 3.09. The second kappa shape index (κ2) is 19.1. The fourth-order valence-electron chi connectivity index (χ4n) is 5.10. The number of nitrogens with one attached hydrogen (secondary N) is 1. The number of amides is 2. The largest absolute Gasteiger partial charge is 0.356 e. The van der Waals surface area contributed by atoms with Gasteiger partial charge in [-0.05, 0) is 31.6 Å². The molecule has 1 saturated heterocycles. The first-order chi connectivity index (χ1) is 16.3. The van der Waals surface area contributed by atoms with Gasteiger partial charge >= 0.3 is 0 Å². The SMILES string of the molecule is CCCCCCCCCCCCCCC(=O)NCCCCCC[N+](C)(C)CN1CC(C)CC1=O. The number of nitrogens with zero attached hydrogens (tertiary/aromatic N) is 2. The molecule has 0 bridgehead atoms. The summed E-state index contributed by atoms with van der Waals surface area (Å²) in [5.74, 6) is 1.05. The van der Waals surface area contributed by atoms with Gasteiger partial charge < -0.3 is 9.80 Å². The molecule has 1 N–H and O–H groups in total. The zero-order valence-corrected chi connectivity index (χ0v) is 23.3. The van der Waals surface area contributed by atoms with Crippen LogP contribution in [0.2, 0.25) is 0 Å². The molecule has 200 valence electrons. The van der Waals surface area contributed by atoms with Crippen molar-refractivity contribution in [2.75, 3.05) is 40.4 Å². The van der Waals surface area contributed by atoms with E-state index in [1.165, 1.54) is 89.9 Å². The van der Waals surface area contributed by atoms with Gasteiger partial charge in [-0.15, -0.1) is 0 Å². The van der Waals surface area contributed by atoms with Crippen LogP contribution in [-0.2, 0) is 9.59 Å². The van der Waals surface area contributed by atoms with Crippen LogP contribution in [0, 0.1) is 5.92 Å². The molecular formula is C29H58N3O2+. The molecule has 1 fully saturated rings. The van der Waals surface area contributed by atoms with Crippen LogP contribution in [0.4, 0.5) is 0 Å². The Labute approximate surface area is 212 Å². The first kappa shape index (κ1) is 30.9. The molecule has 5 nitrogen and oxygen atoms in total. The third kappa shape index (κ3) is 16.5. The number of hydrogen-bond donors (Lipinski definition) is 1. The number of carbonyl (C=O) groups excluding carboxylic acids is 2. The Morgan fingerprint density at radius 2 is 1.38 bits per heavy atom. The second-order valence-electron chi connectivity index (χ2n) is 11.6. The first-order valence-corrected chi connectivity index (χ1v) is 14.7. The quantitative estimate of drug-likeness (QED) is 0.139. The molecule has 0 spiro atoms. The van der Waals surface area contributed by atoms with Gasteiger partial charge in [0.2, 0.25) is 11.8 Å². The van der Waals surface area contributed by atoms with Crippen LogP contribution in [0.5, 0.6) is 0 Å². The van der Waals surface area contributed by atoms with E-state index in [4.69, 9.17) is 0 Å². The summed E-state index contributed by atoms with van der Waals surface area (Å²) in [5.41, 5.74) is 0. The summed E-state index contributed by atoms with van der Waals surface area (Å²) < 4.78 is 0.883.